The van der Waals surface area contributed by atoms with Gasteiger partial charge in [0.05, 0.1) is 18.3 Å². The molecular formula is C14H23N3OS. The van der Waals surface area contributed by atoms with Gasteiger partial charge in [-0.15, -0.1) is 4.37 Å². The molecule has 0 saturated heterocycles. The highest BCUT2D eigenvalue weighted by molar-refractivity contribution is 6.99. The summed E-state index contributed by atoms with van der Waals surface area (Å²) >= 11 is 1.24. The second-order valence-electron chi connectivity index (χ2n) is 5.20. The SMILES string of the molecule is CCCCCOc1nsnc1C1=CCC(C)N(C)C1. The highest BCUT2D eigenvalue weighted by atomic mass is 32.1. The first-order valence-electron chi connectivity index (χ1n) is 7.07. The number of hydrogen-bond donors (Lipinski definition) is 0. The van der Waals surface area contributed by atoms with Gasteiger partial charge in [-0.2, -0.15) is 4.37 Å². The number of nitrogens with zero attached hydrogens (tertiary/aromatic N) is 3. The number of ether oxygens (including phenoxy) is 1. The lowest BCUT2D eigenvalue weighted by molar-refractivity contribution is 0.277. The normalized spacial score (nSPS) is 20.4. The van der Waals surface area contributed by atoms with Crippen molar-refractivity contribution >= 4 is 17.3 Å². The minimum Gasteiger partial charge on any atom is -0.475 e. The quantitative estimate of drug-likeness (QED) is 0.750. The van der Waals surface area contributed by atoms with E-state index < -0.39 is 0 Å². The minimum atomic E-state index is 0.601. The summed E-state index contributed by atoms with van der Waals surface area (Å²) in [7, 11) is 2.15. The van der Waals surface area contributed by atoms with E-state index in [4.69, 9.17) is 4.74 Å². The first kappa shape index (κ1) is 14.5. The van der Waals surface area contributed by atoms with Gasteiger partial charge in [-0.25, -0.2) is 0 Å². The van der Waals surface area contributed by atoms with Crippen LogP contribution in [0.25, 0.3) is 5.57 Å². The van der Waals surface area contributed by atoms with Crippen LogP contribution >= 0.6 is 11.7 Å². The molecule has 1 aromatic heterocycles. The summed E-state index contributed by atoms with van der Waals surface area (Å²) < 4.78 is 14.5. The van der Waals surface area contributed by atoms with Crippen LogP contribution in [0.1, 0.15) is 45.2 Å². The zero-order valence-corrected chi connectivity index (χ0v) is 12.9. The Hall–Kier alpha value is -0.940. The second-order valence-corrected chi connectivity index (χ2v) is 5.73. The van der Waals surface area contributed by atoms with E-state index in [1.165, 1.54) is 30.1 Å². The van der Waals surface area contributed by atoms with Crippen molar-refractivity contribution < 1.29 is 4.74 Å². The highest BCUT2D eigenvalue weighted by Crippen LogP contribution is 2.28. The molecule has 2 heterocycles. The average Bonchev–Trinajstić information content (AvgIpc) is 2.86. The van der Waals surface area contributed by atoms with E-state index in [1.54, 1.807) is 0 Å². The molecule has 0 saturated carbocycles. The molecule has 1 aliphatic heterocycles. The van der Waals surface area contributed by atoms with Gasteiger partial charge in [0.2, 0.25) is 0 Å². The Morgan fingerprint density at radius 1 is 1.42 bits per heavy atom. The average molecular weight is 281 g/mol. The van der Waals surface area contributed by atoms with E-state index in [0.29, 0.717) is 6.04 Å². The molecule has 0 aromatic carbocycles. The molecule has 0 N–H and O–H groups in total. The Bertz CT molecular complexity index is 430. The fraction of sp³-hybridized carbons (Fsp3) is 0.714. The van der Waals surface area contributed by atoms with Crippen LogP contribution in [0.4, 0.5) is 0 Å². The maximum absolute atomic E-state index is 5.77. The molecular weight excluding hydrogens is 258 g/mol. The molecule has 5 heteroatoms. The van der Waals surface area contributed by atoms with Crippen molar-refractivity contribution in [3.8, 4) is 5.88 Å². The molecule has 2 rings (SSSR count). The van der Waals surface area contributed by atoms with E-state index in [0.717, 1.165) is 37.6 Å². The van der Waals surface area contributed by atoms with Crippen molar-refractivity contribution in [1.29, 1.82) is 0 Å². The van der Waals surface area contributed by atoms with Gasteiger partial charge in [-0.1, -0.05) is 25.8 Å². The van der Waals surface area contributed by atoms with Gasteiger partial charge in [-0.05, 0) is 32.4 Å². The molecule has 1 aromatic rings. The van der Waals surface area contributed by atoms with Crippen molar-refractivity contribution in [2.75, 3.05) is 20.2 Å². The molecule has 1 unspecified atom stereocenters. The zero-order valence-electron chi connectivity index (χ0n) is 12.1. The fourth-order valence-corrected chi connectivity index (χ4v) is 2.68. The molecule has 0 bridgehead atoms. The molecule has 0 fully saturated rings. The van der Waals surface area contributed by atoms with E-state index in [9.17, 15) is 0 Å². The Labute approximate surface area is 119 Å². The Morgan fingerprint density at radius 2 is 2.26 bits per heavy atom. The summed E-state index contributed by atoms with van der Waals surface area (Å²) in [6.45, 7) is 6.11. The van der Waals surface area contributed by atoms with Crippen LogP contribution in [0.3, 0.4) is 0 Å². The van der Waals surface area contributed by atoms with Gasteiger partial charge < -0.3 is 4.74 Å². The summed E-state index contributed by atoms with van der Waals surface area (Å²) in [5.74, 6) is 0.718. The largest absolute Gasteiger partial charge is 0.475 e. The van der Waals surface area contributed by atoms with Crippen molar-refractivity contribution in [2.45, 2.75) is 45.6 Å². The molecule has 1 atom stereocenters. The van der Waals surface area contributed by atoms with E-state index in [-0.39, 0.29) is 0 Å². The van der Waals surface area contributed by atoms with Gasteiger partial charge in [0.1, 0.15) is 5.69 Å². The Kier molecular flexibility index (Phi) is 5.34. The number of hydrogen-bond acceptors (Lipinski definition) is 5. The van der Waals surface area contributed by atoms with Crippen LogP contribution < -0.4 is 4.74 Å². The first-order chi connectivity index (χ1) is 9.22. The number of unbranched alkanes of at least 4 members (excludes halogenated alkanes) is 2. The third-order valence-electron chi connectivity index (χ3n) is 3.63. The van der Waals surface area contributed by atoms with Gasteiger partial charge in [0, 0.05) is 12.6 Å². The maximum Gasteiger partial charge on any atom is 0.253 e. The maximum atomic E-state index is 5.77. The Morgan fingerprint density at radius 3 is 3.00 bits per heavy atom. The third kappa shape index (κ3) is 3.76. The molecule has 0 spiro atoms. The lowest BCUT2D eigenvalue weighted by Gasteiger charge is -2.29. The predicted molar refractivity (Wildman–Crippen MR) is 79.6 cm³/mol. The van der Waals surface area contributed by atoms with Crippen molar-refractivity contribution in [3.05, 3.63) is 11.8 Å². The summed E-state index contributed by atoms with van der Waals surface area (Å²) in [4.78, 5) is 2.34. The van der Waals surface area contributed by atoms with E-state index in [1.807, 2.05) is 0 Å². The number of likely N-dealkylation sites (N-methyl/N-ethyl adjacent to an activating group) is 1. The second kappa shape index (κ2) is 7.01. The van der Waals surface area contributed by atoms with Crippen LogP contribution in [0.2, 0.25) is 0 Å². The van der Waals surface area contributed by atoms with Crippen LogP contribution in [0, 0.1) is 0 Å². The fourth-order valence-electron chi connectivity index (χ4n) is 2.15. The third-order valence-corrected chi connectivity index (χ3v) is 4.14. The predicted octanol–water partition coefficient (Wildman–Crippen LogP) is 3.21. The van der Waals surface area contributed by atoms with Crippen LogP contribution in [-0.4, -0.2) is 39.9 Å². The molecule has 0 aliphatic carbocycles. The molecule has 4 nitrogen and oxygen atoms in total. The van der Waals surface area contributed by atoms with Crippen LogP contribution in [-0.2, 0) is 0 Å². The topological polar surface area (TPSA) is 38.3 Å². The lowest BCUT2D eigenvalue weighted by Crippen LogP contribution is -2.33. The van der Waals surface area contributed by atoms with Crippen molar-refractivity contribution in [2.24, 2.45) is 0 Å². The molecule has 0 radical (unpaired) electrons. The van der Waals surface area contributed by atoms with Gasteiger partial charge in [-0.3, -0.25) is 4.90 Å². The van der Waals surface area contributed by atoms with Gasteiger partial charge in [0.25, 0.3) is 5.88 Å². The summed E-state index contributed by atoms with van der Waals surface area (Å²) in [6.07, 6.45) is 6.84. The first-order valence-corrected chi connectivity index (χ1v) is 7.80. The molecule has 1 aliphatic rings. The van der Waals surface area contributed by atoms with Gasteiger partial charge in [0.15, 0.2) is 0 Å². The summed E-state index contributed by atoms with van der Waals surface area (Å²) in [5, 5.41) is 0. The molecule has 106 valence electrons. The summed E-state index contributed by atoms with van der Waals surface area (Å²) in [6, 6.07) is 0.601. The Balaban J connectivity index is 1.99. The number of aromatic nitrogens is 2. The van der Waals surface area contributed by atoms with E-state index in [2.05, 4.69) is 40.6 Å². The standard InChI is InChI=1S/C14H23N3OS/c1-4-5-6-9-18-14-13(15-19-16-14)12-8-7-11(2)17(3)10-12/h8,11H,4-7,9-10H2,1-3H3. The van der Waals surface area contributed by atoms with Crippen LogP contribution in [0.15, 0.2) is 6.08 Å². The van der Waals surface area contributed by atoms with Crippen LogP contribution in [0.5, 0.6) is 5.88 Å². The summed E-state index contributed by atoms with van der Waals surface area (Å²) in [5.41, 5.74) is 2.19. The monoisotopic (exact) mass is 281 g/mol. The zero-order chi connectivity index (χ0) is 13.7. The molecule has 19 heavy (non-hydrogen) atoms. The van der Waals surface area contributed by atoms with Gasteiger partial charge >= 0.3 is 0 Å². The van der Waals surface area contributed by atoms with Crippen molar-refractivity contribution in [1.82, 2.24) is 13.6 Å². The number of rotatable bonds is 6. The molecule has 0 amide bonds. The highest BCUT2D eigenvalue weighted by Gasteiger charge is 2.21. The minimum absolute atomic E-state index is 0.601. The van der Waals surface area contributed by atoms with Crippen molar-refractivity contribution in [3.63, 3.8) is 0 Å². The smallest absolute Gasteiger partial charge is 0.253 e. The van der Waals surface area contributed by atoms with E-state index >= 15 is 0 Å². The lowest BCUT2D eigenvalue weighted by atomic mass is 10.0.